The minimum Gasteiger partial charge on any atom is -0.487 e. The summed E-state index contributed by atoms with van der Waals surface area (Å²) in [6.45, 7) is 0.240. The van der Waals surface area contributed by atoms with E-state index in [0.29, 0.717) is 11.4 Å². The third-order valence-corrected chi connectivity index (χ3v) is 2.38. The molecule has 0 aliphatic heterocycles. The first kappa shape index (κ1) is 13.0. The SMILES string of the molecule is N#Cc1cc(COc2cncc(B(O)O)c2)ccn1. The molecule has 2 aromatic rings. The number of nitrogens with zero attached hydrogens (tertiary/aromatic N) is 3. The molecule has 0 unspecified atom stereocenters. The Labute approximate surface area is 110 Å². The molecule has 7 heteroatoms. The van der Waals surface area contributed by atoms with Crippen molar-refractivity contribution in [2.24, 2.45) is 0 Å². The van der Waals surface area contributed by atoms with Gasteiger partial charge in [0.25, 0.3) is 0 Å². The van der Waals surface area contributed by atoms with Crippen molar-refractivity contribution in [3.8, 4) is 11.8 Å². The summed E-state index contributed by atoms with van der Waals surface area (Å²) in [6, 6.07) is 6.79. The zero-order chi connectivity index (χ0) is 13.7. The fourth-order valence-electron chi connectivity index (χ4n) is 1.45. The lowest BCUT2D eigenvalue weighted by atomic mass is 9.82. The number of aromatic nitrogens is 2. The van der Waals surface area contributed by atoms with Gasteiger partial charge in [0, 0.05) is 17.9 Å². The largest absolute Gasteiger partial charge is 0.490 e. The molecule has 0 bridgehead atoms. The Hall–Kier alpha value is -2.43. The quantitative estimate of drug-likeness (QED) is 0.721. The zero-order valence-corrected chi connectivity index (χ0v) is 9.89. The fourth-order valence-corrected chi connectivity index (χ4v) is 1.45. The molecule has 0 aliphatic rings. The van der Waals surface area contributed by atoms with E-state index in [4.69, 9.17) is 20.0 Å². The topological polar surface area (TPSA) is 99.3 Å². The molecule has 0 aliphatic carbocycles. The van der Waals surface area contributed by atoms with Crippen LogP contribution in [0.1, 0.15) is 11.3 Å². The molecule has 2 rings (SSSR count). The third kappa shape index (κ3) is 3.52. The molecular formula is C12H10BN3O3. The Bertz CT molecular complexity index is 613. The number of ether oxygens (including phenoxy) is 1. The van der Waals surface area contributed by atoms with E-state index in [1.807, 2.05) is 6.07 Å². The van der Waals surface area contributed by atoms with Gasteiger partial charge in [-0.1, -0.05) is 0 Å². The van der Waals surface area contributed by atoms with Gasteiger partial charge in [0.1, 0.15) is 24.1 Å². The van der Waals surface area contributed by atoms with E-state index < -0.39 is 7.12 Å². The van der Waals surface area contributed by atoms with Gasteiger partial charge >= 0.3 is 7.12 Å². The van der Waals surface area contributed by atoms with Crippen LogP contribution in [0.4, 0.5) is 0 Å². The van der Waals surface area contributed by atoms with Crippen molar-refractivity contribution < 1.29 is 14.8 Å². The lowest BCUT2D eigenvalue weighted by Gasteiger charge is -2.07. The summed E-state index contributed by atoms with van der Waals surface area (Å²) in [4.78, 5) is 7.70. The average molecular weight is 255 g/mol. The first-order chi connectivity index (χ1) is 9.19. The summed E-state index contributed by atoms with van der Waals surface area (Å²) in [5.41, 5.74) is 1.37. The Balaban J connectivity index is 2.06. The van der Waals surface area contributed by atoms with Crippen LogP contribution in [0.25, 0.3) is 0 Å². The van der Waals surface area contributed by atoms with Gasteiger partial charge < -0.3 is 14.8 Å². The molecule has 94 valence electrons. The highest BCUT2D eigenvalue weighted by atomic mass is 16.5. The van der Waals surface area contributed by atoms with Crippen molar-refractivity contribution in [2.45, 2.75) is 6.61 Å². The molecule has 2 N–H and O–H groups in total. The zero-order valence-electron chi connectivity index (χ0n) is 9.89. The normalized spacial score (nSPS) is 9.74. The molecule has 6 nitrogen and oxygen atoms in total. The highest BCUT2D eigenvalue weighted by Gasteiger charge is 2.12. The van der Waals surface area contributed by atoms with Crippen molar-refractivity contribution in [1.29, 1.82) is 5.26 Å². The van der Waals surface area contributed by atoms with Crippen LogP contribution in [0.15, 0.2) is 36.8 Å². The van der Waals surface area contributed by atoms with Crippen LogP contribution < -0.4 is 10.2 Å². The first-order valence-corrected chi connectivity index (χ1v) is 5.48. The second-order valence-corrected chi connectivity index (χ2v) is 3.78. The van der Waals surface area contributed by atoms with E-state index in [1.165, 1.54) is 24.7 Å². The monoisotopic (exact) mass is 255 g/mol. The van der Waals surface area contributed by atoms with Gasteiger partial charge in [-0.3, -0.25) is 4.98 Å². The number of nitriles is 1. The Morgan fingerprint density at radius 2 is 2.16 bits per heavy atom. The second-order valence-electron chi connectivity index (χ2n) is 3.78. The van der Waals surface area contributed by atoms with Crippen LogP contribution in [-0.4, -0.2) is 27.1 Å². The Kier molecular flexibility index (Phi) is 4.08. The van der Waals surface area contributed by atoms with Gasteiger partial charge in [-0.15, -0.1) is 0 Å². The van der Waals surface area contributed by atoms with E-state index in [0.717, 1.165) is 5.56 Å². The summed E-state index contributed by atoms with van der Waals surface area (Å²) in [5, 5.41) is 26.8. The highest BCUT2D eigenvalue weighted by Crippen LogP contribution is 2.10. The fraction of sp³-hybridized carbons (Fsp3) is 0.0833. The maximum Gasteiger partial charge on any atom is 0.490 e. The molecule has 0 radical (unpaired) electrons. The van der Waals surface area contributed by atoms with Crippen LogP contribution in [0, 0.1) is 11.3 Å². The lowest BCUT2D eigenvalue weighted by Crippen LogP contribution is -2.30. The predicted octanol–water partition coefficient (Wildman–Crippen LogP) is -0.393. The van der Waals surface area contributed by atoms with Crippen LogP contribution in [-0.2, 0) is 6.61 Å². The van der Waals surface area contributed by atoms with Crippen molar-refractivity contribution >= 4 is 12.6 Å². The molecule has 19 heavy (non-hydrogen) atoms. The summed E-state index contributed by atoms with van der Waals surface area (Å²) < 4.78 is 5.46. The van der Waals surface area contributed by atoms with Gasteiger partial charge in [0.2, 0.25) is 0 Å². The first-order valence-electron chi connectivity index (χ1n) is 5.48. The van der Waals surface area contributed by atoms with Crippen LogP contribution in [0.5, 0.6) is 5.75 Å². The van der Waals surface area contributed by atoms with Gasteiger partial charge in [0.05, 0.1) is 6.20 Å². The Morgan fingerprint density at radius 1 is 1.32 bits per heavy atom. The van der Waals surface area contributed by atoms with Gasteiger partial charge in [-0.2, -0.15) is 5.26 Å². The van der Waals surface area contributed by atoms with E-state index in [1.54, 1.807) is 12.1 Å². The molecule has 0 aromatic carbocycles. The summed E-state index contributed by atoms with van der Waals surface area (Å²) in [7, 11) is -1.58. The molecule has 0 spiro atoms. The van der Waals surface area contributed by atoms with Crippen LogP contribution in [0.3, 0.4) is 0 Å². The average Bonchev–Trinajstić information content (AvgIpc) is 2.45. The van der Waals surface area contributed by atoms with Gasteiger partial charge in [-0.25, -0.2) is 4.98 Å². The molecule has 2 aromatic heterocycles. The van der Waals surface area contributed by atoms with Crippen LogP contribution in [0.2, 0.25) is 0 Å². The van der Waals surface area contributed by atoms with Crippen LogP contribution >= 0.6 is 0 Å². The number of hydrogen-bond donors (Lipinski definition) is 2. The van der Waals surface area contributed by atoms with Gasteiger partial charge in [-0.05, 0) is 23.8 Å². The smallest absolute Gasteiger partial charge is 0.487 e. The molecule has 0 atom stereocenters. The predicted molar refractivity (Wildman–Crippen MR) is 67.3 cm³/mol. The Morgan fingerprint density at radius 3 is 2.89 bits per heavy atom. The maximum absolute atomic E-state index is 9.02. The van der Waals surface area contributed by atoms with E-state index in [-0.39, 0.29) is 12.1 Å². The van der Waals surface area contributed by atoms with E-state index in [2.05, 4.69) is 9.97 Å². The minimum atomic E-state index is -1.58. The number of hydrogen-bond acceptors (Lipinski definition) is 6. The van der Waals surface area contributed by atoms with Crippen molar-refractivity contribution in [3.63, 3.8) is 0 Å². The number of rotatable bonds is 4. The summed E-state index contributed by atoms with van der Waals surface area (Å²) >= 11 is 0. The second kappa shape index (κ2) is 5.95. The molecule has 0 saturated carbocycles. The third-order valence-electron chi connectivity index (χ3n) is 2.38. The molecular weight excluding hydrogens is 245 g/mol. The minimum absolute atomic E-state index is 0.240. The lowest BCUT2D eigenvalue weighted by molar-refractivity contribution is 0.305. The molecule has 0 fully saturated rings. The molecule has 2 heterocycles. The summed E-state index contributed by atoms with van der Waals surface area (Å²) in [5.74, 6) is 0.418. The standard InChI is InChI=1S/C12H10BN3O3/c14-5-11-3-9(1-2-16-11)8-19-12-4-10(13(17)18)6-15-7-12/h1-4,6-7,17-18H,8H2. The van der Waals surface area contributed by atoms with Gasteiger partial charge in [0.15, 0.2) is 0 Å². The van der Waals surface area contributed by atoms with E-state index in [9.17, 15) is 0 Å². The number of pyridine rings is 2. The molecule has 0 saturated heterocycles. The van der Waals surface area contributed by atoms with Crippen molar-refractivity contribution in [1.82, 2.24) is 9.97 Å². The summed E-state index contributed by atoms with van der Waals surface area (Å²) in [6.07, 6.45) is 4.35. The van der Waals surface area contributed by atoms with Crippen molar-refractivity contribution in [3.05, 3.63) is 48.0 Å². The highest BCUT2D eigenvalue weighted by molar-refractivity contribution is 6.58. The molecule has 0 amide bonds. The van der Waals surface area contributed by atoms with Crippen molar-refractivity contribution in [2.75, 3.05) is 0 Å². The maximum atomic E-state index is 9.02. The van der Waals surface area contributed by atoms with E-state index >= 15 is 0 Å².